The van der Waals surface area contributed by atoms with Gasteiger partial charge in [0.2, 0.25) is 6.41 Å². The summed E-state index contributed by atoms with van der Waals surface area (Å²) in [5, 5.41) is 0.962. The molecule has 0 saturated heterocycles. The SMILES string of the molecule is O=CN(c1ccc(Cl)c(Cl)c1)C1(c2ccccc2)CCCC1. The summed E-state index contributed by atoms with van der Waals surface area (Å²) in [5.74, 6) is 0. The first-order valence-corrected chi connectivity index (χ1v) is 8.18. The number of benzene rings is 2. The van der Waals surface area contributed by atoms with Crippen molar-refractivity contribution in [3.63, 3.8) is 0 Å². The molecule has 1 aliphatic rings. The van der Waals surface area contributed by atoms with E-state index in [2.05, 4.69) is 12.1 Å². The standard InChI is InChI=1S/C18H17Cl2NO/c19-16-9-8-15(12-17(16)20)21(13-22)18(10-4-5-11-18)14-6-2-1-3-7-14/h1-3,6-9,12-13H,4-5,10-11H2. The average Bonchev–Trinajstić information content (AvgIpc) is 3.03. The van der Waals surface area contributed by atoms with Gasteiger partial charge in [0, 0.05) is 5.69 Å². The van der Waals surface area contributed by atoms with Crippen LogP contribution in [0.25, 0.3) is 0 Å². The highest BCUT2D eigenvalue weighted by Gasteiger charge is 2.41. The number of rotatable bonds is 4. The molecule has 3 rings (SSSR count). The summed E-state index contributed by atoms with van der Waals surface area (Å²) in [6, 6.07) is 15.6. The molecule has 1 amide bonds. The second-order valence-electron chi connectivity index (χ2n) is 5.68. The normalized spacial score (nSPS) is 16.5. The largest absolute Gasteiger partial charge is 0.305 e. The number of hydrogen-bond acceptors (Lipinski definition) is 1. The molecule has 0 unspecified atom stereocenters. The Morgan fingerprint density at radius 1 is 0.955 bits per heavy atom. The summed E-state index contributed by atoms with van der Waals surface area (Å²) in [6.07, 6.45) is 5.05. The maximum absolute atomic E-state index is 11.9. The second kappa shape index (κ2) is 6.31. The maximum atomic E-state index is 11.9. The molecule has 1 fully saturated rings. The van der Waals surface area contributed by atoms with Crippen molar-refractivity contribution in [2.75, 3.05) is 4.90 Å². The molecule has 1 saturated carbocycles. The molecule has 0 aromatic heterocycles. The van der Waals surface area contributed by atoms with Crippen molar-refractivity contribution in [3.05, 3.63) is 64.1 Å². The Balaban J connectivity index is 2.09. The van der Waals surface area contributed by atoms with Crippen LogP contribution in [0.15, 0.2) is 48.5 Å². The summed E-state index contributed by atoms with van der Waals surface area (Å²) in [6.45, 7) is 0. The molecular weight excluding hydrogens is 317 g/mol. The summed E-state index contributed by atoms with van der Waals surface area (Å²) < 4.78 is 0. The third-order valence-corrected chi connectivity index (χ3v) is 5.23. The highest BCUT2D eigenvalue weighted by molar-refractivity contribution is 6.42. The fraction of sp³-hybridized carbons (Fsp3) is 0.278. The van der Waals surface area contributed by atoms with E-state index >= 15 is 0 Å². The molecule has 0 aliphatic heterocycles. The van der Waals surface area contributed by atoms with Crippen LogP contribution >= 0.6 is 23.2 Å². The molecule has 2 nitrogen and oxygen atoms in total. The Morgan fingerprint density at radius 2 is 1.64 bits per heavy atom. The molecule has 2 aromatic rings. The lowest BCUT2D eigenvalue weighted by Gasteiger charge is -2.39. The van der Waals surface area contributed by atoms with Crippen LogP contribution in [0.5, 0.6) is 0 Å². The Morgan fingerprint density at radius 3 is 2.23 bits per heavy atom. The van der Waals surface area contributed by atoms with E-state index < -0.39 is 0 Å². The molecule has 0 heterocycles. The van der Waals surface area contributed by atoms with Crippen LogP contribution in [-0.2, 0) is 10.3 Å². The Hall–Kier alpha value is -1.51. The minimum Gasteiger partial charge on any atom is -0.305 e. The first kappa shape index (κ1) is 15.4. The molecule has 2 aromatic carbocycles. The van der Waals surface area contributed by atoms with Crippen LogP contribution < -0.4 is 4.90 Å². The predicted octanol–water partition coefficient (Wildman–Crippen LogP) is 5.43. The number of hydrogen-bond donors (Lipinski definition) is 0. The van der Waals surface area contributed by atoms with Crippen LogP contribution in [0.3, 0.4) is 0 Å². The zero-order valence-electron chi connectivity index (χ0n) is 12.1. The number of carbonyl (C=O) groups is 1. The molecule has 22 heavy (non-hydrogen) atoms. The van der Waals surface area contributed by atoms with Crippen molar-refractivity contribution >= 4 is 35.3 Å². The van der Waals surface area contributed by atoms with Crippen molar-refractivity contribution in [1.29, 1.82) is 0 Å². The fourth-order valence-corrected chi connectivity index (χ4v) is 3.71. The lowest BCUT2D eigenvalue weighted by molar-refractivity contribution is -0.108. The molecule has 0 radical (unpaired) electrons. The smallest absolute Gasteiger partial charge is 0.214 e. The van der Waals surface area contributed by atoms with E-state index in [-0.39, 0.29) is 5.54 Å². The summed E-state index contributed by atoms with van der Waals surface area (Å²) >= 11 is 12.1. The number of halogens is 2. The molecule has 0 atom stereocenters. The lowest BCUT2D eigenvalue weighted by Crippen LogP contribution is -2.43. The van der Waals surface area contributed by atoms with Gasteiger partial charge in [-0.15, -0.1) is 0 Å². The Labute approximate surface area is 140 Å². The summed E-state index contributed by atoms with van der Waals surface area (Å²) in [4.78, 5) is 13.7. The van der Waals surface area contributed by atoms with E-state index in [0.29, 0.717) is 10.0 Å². The monoisotopic (exact) mass is 333 g/mol. The van der Waals surface area contributed by atoms with Gasteiger partial charge in [0.25, 0.3) is 0 Å². The number of nitrogens with zero attached hydrogens (tertiary/aromatic N) is 1. The van der Waals surface area contributed by atoms with Gasteiger partial charge >= 0.3 is 0 Å². The van der Waals surface area contributed by atoms with Crippen LogP contribution in [0.1, 0.15) is 31.2 Å². The highest BCUT2D eigenvalue weighted by Crippen LogP contribution is 2.45. The van der Waals surface area contributed by atoms with E-state index in [0.717, 1.165) is 37.8 Å². The summed E-state index contributed by atoms with van der Waals surface area (Å²) in [5.41, 5.74) is 1.67. The zero-order valence-corrected chi connectivity index (χ0v) is 13.6. The van der Waals surface area contributed by atoms with E-state index in [4.69, 9.17) is 23.2 Å². The minimum atomic E-state index is -0.291. The van der Waals surface area contributed by atoms with Crippen molar-refractivity contribution < 1.29 is 4.79 Å². The zero-order chi connectivity index (χ0) is 15.6. The Kier molecular flexibility index (Phi) is 4.42. The minimum absolute atomic E-state index is 0.291. The van der Waals surface area contributed by atoms with Crippen molar-refractivity contribution in [2.45, 2.75) is 31.2 Å². The van der Waals surface area contributed by atoms with Gasteiger partial charge in [0.15, 0.2) is 0 Å². The van der Waals surface area contributed by atoms with Crippen molar-refractivity contribution in [3.8, 4) is 0 Å². The summed E-state index contributed by atoms with van der Waals surface area (Å²) in [7, 11) is 0. The highest BCUT2D eigenvalue weighted by atomic mass is 35.5. The number of carbonyl (C=O) groups excluding carboxylic acids is 1. The molecule has 1 aliphatic carbocycles. The van der Waals surface area contributed by atoms with Crippen LogP contribution in [0.4, 0.5) is 5.69 Å². The van der Waals surface area contributed by atoms with Gasteiger partial charge in [-0.25, -0.2) is 0 Å². The van der Waals surface area contributed by atoms with Gasteiger partial charge in [-0.2, -0.15) is 0 Å². The fourth-order valence-electron chi connectivity index (χ4n) is 3.42. The first-order chi connectivity index (χ1) is 10.7. The maximum Gasteiger partial charge on any atom is 0.214 e. The number of anilines is 1. The predicted molar refractivity (Wildman–Crippen MR) is 91.6 cm³/mol. The third-order valence-electron chi connectivity index (χ3n) is 4.49. The van der Waals surface area contributed by atoms with Gasteiger partial charge in [0.1, 0.15) is 0 Å². The molecule has 114 valence electrons. The quantitative estimate of drug-likeness (QED) is 0.683. The molecule has 0 spiro atoms. The topological polar surface area (TPSA) is 20.3 Å². The van der Waals surface area contributed by atoms with Crippen LogP contribution in [-0.4, -0.2) is 6.41 Å². The van der Waals surface area contributed by atoms with Crippen molar-refractivity contribution in [2.24, 2.45) is 0 Å². The van der Waals surface area contributed by atoms with E-state index in [9.17, 15) is 4.79 Å². The Bertz CT molecular complexity index is 666. The van der Waals surface area contributed by atoms with E-state index in [1.54, 1.807) is 12.1 Å². The third kappa shape index (κ3) is 2.62. The van der Waals surface area contributed by atoms with Crippen molar-refractivity contribution in [1.82, 2.24) is 0 Å². The molecular formula is C18H17Cl2NO. The van der Waals surface area contributed by atoms with Gasteiger partial charge in [-0.05, 0) is 36.6 Å². The van der Waals surface area contributed by atoms with Crippen LogP contribution in [0, 0.1) is 0 Å². The molecule has 0 bridgehead atoms. The van der Waals surface area contributed by atoms with Gasteiger partial charge in [0.05, 0.1) is 15.6 Å². The van der Waals surface area contributed by atoms with Crippen LogP contribution in [0.2, 0.25) is 10.0 Å². The average molecular weight is 334 g/mol. The molecule has 0 N–H and O–H groups in total. The lowest BCUT2D eigenvalue weighted by atomic mass is 9.86. The van der Waals surface area contributed by atoms with Gasteiger partial charge < -0.3 is 4.90 Å². The molecule has 4 heteroatoms. The van der Waals surface area contributed by atoms with E-state index in [1.807, 2.05) is 29.2 Å². The second-order valence-corrected chi connectivity index (χ2v) is 6.49. The first-order valence-electron chi connectivity index (χ1n) is 7.42. The number of amides is 1. The van der Waals surface area contributed by atoms with E-state index in [1.165, 1.54) is 5.56 Å². The van der Waals surface area contributed by atoms with Gasteiger partial charge in [-0.3, -0.25) is 4.79 Å². The van der Waals surface area contributed by atoms with Gasteiger partial charge in [-0.1, -0.05) is 66.4 Å².